The second-order valence-corrected chi connectivity index (χ2v) is 4.85. The average Bonchev–Trinajstić information content (AvgIpc) is 3.13. The number of carbonyl (C=O) groups excluding carboxylic acids is 1. The van der Waals surface area contributed by atoms with Crippen LogP contribution in [0.15, 0.2) is 16.6 Å². The summed E-state index contributed by atoms with van der Waals surface area (Å²) in [5, 5.41) is 8.80. The third-order valence-corrected chi connectivity index (χ3v) is 2.95. The summed E-state index contributed by atoms with van der Waals surface area (Å²) in [6, 6.07) is 3.06. The van der Waals surface area contributed by atoms with Crippen LogP contribution in [0.5, 0.6) is 11.5 Å². The van der Waals surface area contributed by atoms with E-state index in [0.717, 1.165) is 12.8 Å². The van der Waals surface area contributed by atoms with Crippen molar-refractivity contribution in [1.29, 1.82) is 0 Å². The van der Waals surface area contributed by atoms with Gasteiger partial charge >= 0.3 is 5.97 Å². The summed E-state index contributed by atoms with van der Waals surface area (Å²) in [6.45, 7) is 0. The number of ketones is 1. The first-order chi connectivity index (χ1) is 8.52. The maximum atomic E-state index is 11.6. The van der Waals surface area contributed by atoms with Gasteiger partial charge in [0.05, 0.1) is 18.8 Å². The van der Waals surface area contributed by atoms with E-state index in [1.54, 1.807) is 6.07 Å². The molecule has 1 aromatic carbocycles. The van der Waals surface area contributed by atoms with Crippen molar-refractivity contribution in [3.63, 3.8) is 0 Å². The molecule has 0 radical (unpaired) electrons. The molecule has 0 amide bonds. The van der Waals surface area contributed by atoms with E-state index >= 15 is 0 Å². The van der Waals surface area contributed by atoms with Crippen LogP contribution in [0.2, 0.25) is 0 Å². The molecular formula is C12H11BrO5. The fraction of sp³-hybridized carbons (Fsp3) is 0.333. The highest BCUT2D eigenvalue weighted by Crippen LogP contribution is 2.39. The second kappa shape index (κ2) is 4.97. The quantitative estimate of drug-likeness (QED) is 0.666. The van der Waals surface area contributed by atoms with Gasteiger partial charge < -0.3 is 14.6 Å². The summed E-state index contributed by atoms with van der Waals surface area (Å²) in [5.74, 6) is -1.97. The monoisotopic (exact) mass is 314 g/mol. The summed E-state index contributed by atoms with van der Waals surface area (Å²) >= 11 is 3.21. The maximum Gasteiger partial charge on any atom is 0.377 e. The van der Waals surface area contributed by atoms with E-state index in [0.29, 0.717) is 10.2 Å². The Kier molecular flexibility index (Phi) is 3.56. The lowest BCUT2D eigenvalue weighted by Gasteiger charge is -2.13. The predicted octanol–water partition coefficient (Wildman–Crippen LogP) is 2.27. The maximum absolute atomic E-state index is 11.6. The second-order valence-electron chi connectivity index (χ2n) is 3.94. The van der Waals surface area contributed by atoms with Gasteiger partial charge in [0.25, 0.3) is 5.78 Å². The minimum atomic E-state index is -1.52. The van der Waals surface area contributed by atoms with Crippen molar-refractivity contribution in [2.75, 3.05) is 7.11 Å². The number of benzene rings is 1. The molecule has 5 nitrogen and oxygen atoms in total. The summed E-state index contributed by atoms with van der Waals surface area (Å²) in [6.07, 6.45) is 1.85. The summed E-state index contributed by atoms with van der Waals surface area (Å²) < 4.78 is 11.3. The van der Waals surface area contributed by atoms with Crippen molar-refractivity contribution in [1.82, 2.24) is 0 Å². The average molecular weight is 315 g/mol. The number of aliphatic carboxylic acids is 1. The molecule has 0 bridgehead atoms. The molecule has 6 heteroatoms. The molecule has 1 saturated carbocycles. The van der Waals surface area contributed by atoms with Crippen molar-refractivity contribution >= 4 is 27.7 Å². The van der Waals surface area contributed by atoms with E-state index in [1.165, 1.54) is 13.2 Å². The van der Waals surface area contributed by atoms with E-state index in [1.807, 2.05) is 0 Å². The van der Waals surface area contributed by atoms with Crippen molar-refractivity contribution in [2.45, 2.75) is 18.9 Å². The number of carboxylic acid groups (broad SMARTS) is 1. The zero-order valence-corrected chi connectivity index (χ0v) is 11.2. The van der Waals surface area contributed by atoms with Gasteiger partial charge in [0.15, 0.2) is 11.5 Å². The van der Waals surface area contributed by atoms with E-state index in [9.17, 15) is 9.59 Å². The topological polar surface area (TPSA) is 72.8 Å². The smallest absolute Gasteiger partial charge is 0.377 e. The van der Waals surface area contributed by atoms with Gasteiger partial charge in [-0.1, -0.05) is 15.9 Å². The number of methoxy groups -OCH3 is 1. The van der Waals surface area contributed by atoms with Gasteiger partial charge in [-0.25, -0.2) is 4.79 Å². The normalized spacial score (nSPS) is 14.1. The number of carbonyl (C=O) groups is 2. The fourth-order valence-electron chi connectivity index (χ4n) is 1.48. The van der Waals surface area contributed by atoms with Crippen LogP contribution in [0.1, 0.15) is 23.2 Å². The van der Waals surface area contributed by atoms with E-state index < -0.39 is 11.8 Å². The highest BCUT2D eigenvalue weighted by atomic mass is 79.9. The van der Waals surface area contributed by atoms with E-state index in [-0.39, 0.29) is 17.4 Å². The number of hydrogen-bond acceptors (Lipinski definition) is 4. The van der Waals surface area contributed by atoms with Gasteiger partial charge in [-0.2, -0.15) is 0 Å². The standard InChI is InChI=1S/C12H11BrO5/c1-17-9-5-6(13)4-8(10(14)12(15)16)11(9)18-7-2-3-7/h4-5,7H,2-3H2,1H3,(H,15,16). The Morgan fingerprint density at radius 1 is 1.39 bits per heavy atom. The van der Waals surface area contributed by atoms with E-state index in [4.69, 9.17) is 14.6 Å². The lowest BCUT2D eigenvalue weighted by molar-refractivity contribution is -0.131. The van der Waals surface area contributed by atoms with Gasteiger partial charge in [0.1, 0.15) is 0 Å². The Hall–Kier alpha value is -1.56. The molecule has 1 fully saturated rings. The number of Topliss-reactive ketones (excluding diaryl/α,β-unsaturated/α-hetero) is 1. The van der Waals surface area contributed by atoms with Crippen LogP contribution in [0.4, 0.5) is 0 Å². The Morgan fingerprint density at radius 2 is 2.06 bits per heavy atom. The highest BCUT2D eigenvalue weighted by molar-refractivity contribution is 9.10. The first-order valence-corrected chi connectivity index (χ1v) is 6.14. The van der Waals surface area contributed by atoms with Crippen molar-refractivity contribution in [3.05, 3.63) is 22.2 Å². The Morgan fingerprint density at radius 3 is 2.56 bits per heavy atom. The minimum absolute atomic E-state index is 0.000579. The molecule has 0 heterocycles. The molecule has 18 heavy (non-hydrogen) atoms. The van der Waals surface area contributed by atoms with Gasteiger partial charge in [0.2, 0.25) is 0 Å². The molecule has 0 unspecified atom stereocenters. The van der Waals surface area contributed by atoms with Gasteiger partial charge in [-0.05, 0) is 25.0 Å². The number of halogens is 1. The Balaban J connectivity index is 2.49. The number of ether oxygens (including phenoxy) is 2. The number of rotatable bonds is 5. The molecule has 1 aliphatic rings. The molecule has 0 aliphatic heterocycles. The number of hydrogen-bond donors (Lipinski definition) is 1. The van der Waals surface area contributed by atoms with Gasteiger partial charge in [0, 0.05) is 4.47 Å². The molecule has 0 atom stereocenters. The Bertz CT molecular complexity index is 507. The van der Waals surface area contributed by atoms with Crippen LogP contribution < -0.4 is 9.47 Å². The van der Waals surface area contributed by atoms with Crippen molar-refractivity contribution < 1.29 is 24.2 Å². The summed E-state index contributed by atoms with van der Waals surface area (Å²) in [4.78, 5) is 22.4. The SMILES string of the molecule is COc1cc(Br)cc(C(=O)C(=O)O)c1OC1CC1. The first-order valence-electron chi connectivity index (χ1n) is 5.34. The van der Waals surface area contributed by atoms with Crippen LogP contribution in [0, 0.1) is 0 Å². The van der Waals surface area contributed by atoms with Crippen LogP contribution >= 0.6 is 15.9 Å². The zero-order chi connectivity index (χ0) is 13.3. The Labute approximate surface area is 112 Å². The molecule has 1 N–H and O–H groups in total. The molecule has 1 aliphatic carbocycles. The third kappa shape index (κ3) is 2.64. The molecule has 96 valence electrons. The van der Waals surface area contributed by atoms with Crippen LogP contribution in [0.25, 0.3) is 0 Å². The molecule has 0 aromatic heterocycles. The molecule has 0 saturated heterocycles. The van der Waals surface area contributed by atoms with E-state index in [2.05, 4.69) is 15.9 Å². The van der Waals surface area contributed by atoms with Crippen LogP contribution in [-0.2, 0) is 4.79 Å². The van der Waals surface area contributed by atoms with Crippen molar-refractivity contribution in [3.8, 4) is 11.5 Å². The number of carboxylic acids is 1. The van der Waals surface area contributed by atoms with Gasteiger partial charge in [-0.3, -0.25) is 4.79 Å². The molecule has 2 rings (SSSR count). The lowest BCUT2D eigenvalue weighted by Crippen LogP contribution is -2.15. The van der Waals surface area contributed by atoms with Crippen molar-refractivity contribution in [2.24, 2.45) is 0 Å². The molecule has 0 spiro atoms. The molecular weight excluding hydrogens is 304 g/mol. The van der Waals surface area contributed by atoms with Gasteiger partial charge in [-0.15, -0.1) is 0 Å². The summed E-state index contributed by atoms with van der Waals surface area (Å²) in [5.41, 5.74) is 0.000579. The van der Waals surface area contributed by atoms with Crippen LogP contribution in [0.3, 0.4) is 0 Å². The lowest BCUT2D eigenvalue weighted by atomic mass is 10.1. The van der Waals surface area contributed by atoms with Crippen LogP contribution in [-0.4, -0.2) is 30.1 Å². The largest absolute Gasteiger partial charge is 0.493 e. The predicted molar refractivity (Wildman–Crippen MR) is 66.3 cm³/mol. The third-order valence-electron chi connectivity index (χ3n) is 2.49. The zero-order valence-electron chi connectivity index (χ0n) is 9.60. The first kappa shape index (κ1) is 12.9. The summed E-state index contributed by atoms with van der Waals surface area (Å²) in [7, 11) is 1.44. The highest BCUT2D eigenvalue weighted by Gasteiger charge is 2.30. The fourth-order valence-corrected chi connectivity index (χ4v) is 1.92. The molecule has 1 aromatic rings. The minimum Gasteiger partial charge on any atom is -0.493 e.